The van der Waals surface area contributed by atoms with E-state index in [1.54, 1.807) is 6.07 Å². The van der Waals surface area contributed by atoms with Gasteiger partial charge in [0, 0.05) is 6.54 Å². The molecule has 1 aromatic rings. The Hall–Kier alpha value is -1.39. The first-order valence-electron chi connectivity index (χ1n) is 5.37. The standard InChI is InChI=1S/C11H16F2N2O/c1-2-3-4-7-14-10-6-5-9(8-15-10)16-11(12)13/h5-6,8,11H,2-4,7H2,1H3,(H,14,15). The minimum atomic E-state index is -2.80. The normalized spacial score (nSPS) is 10.5. The molecule has 5 heteroatoms. The molecule has 0 amide bonds. The fourth-order valence-corrected chi connectivity index (χ4v) is 1.25. The molecule has 3 nitrogen and oxygen atoms in total. The maximum Gasteiger partial charge on any atom is 0.387 e. The average Bonchev–Trinajstić information content (AvgIpc) is 2.26. The lowest BCUT2D eigenvalue weighted by atomic mass is 10.2. The van der Waals surface area contributed by atoms with Crippen LogP contribution in [0.3, 0.4) is 0 Å². The lowest BCUT2D eigenvalue weighted by Gasteiger charge is -2.06. The maximum absolute atomic E-state index is 11.8. The van der Waals surface area contributed by atoms with E-state index in [0.29, 0.717) is 5.82 Å². The van der Waals surface area contributed by atoms with E-state index >= 15 is 0 Å². The van der Waals surface area contributed by atoms with E-state index < -0.39 is 6.61 Å². The van der Waals surface area contributed by atoms with Crippen LogP contribution in [0.25, 0.3) is 0 Å². The number of rotatable bonds is 7. The van der Waals surface area contributed by atoms with Crippen molar-refractivity contribution in [1.29, 1.82) is 0 Å². The third-order valence-corrected chi connectivity index (χ3v) is 2.05. The second-order valence-corrected chi connectivity index (χ2v) is 3.39. The Morgan fingerprint density at radius 3 is 2.75 bits per heavy atom. The number of unbranched alkanes of at least 4 members (excludes halogenated alkanes) is 2. The van der Waals surface area contributed by atoms with Crippen LogP contribution < -0.4 is 10.1 Å². The first kappa shape index (κ1) is 12.7. The number of aromatic nitrogens is 1. The number of hydrogen-bond acceptors (Lipinski definition) is 3. The Bertz CT molecular complexity index is 291. The molecular formula is C11H16F2N2O. The summed E-state index contributed by atoms with van der Waals surface area (Å²) in [6.07, 6.45) is 4.69. The van der Waals surface area contributed by atoms with Crippen LogP contribution in [0.15, 0.2) is 18.3 Å². The molecule has 0 aromatic carbocycles. The largest absolute Gasteiger partial charge is 0.433 e. The number of hydrogen-bond donors (Lipinski definition) is 1. The van der Waals surface area contributed by atoms with Gasteiger partial charge >= 0.3 is 6.61 Å². The van der Waals surface area contributed by atoms with Crippen molar-refractivity contribution in [3.05, 3.63) is 18.3 Å². The van der Waals surface area contributed by atoms with Crippen molar-refractivity contribution >= 4 is 5.82 Å². The minimum Gasteiger partial charge on any atom is -0.433 e. The summed E-state index contributed by atoms with van der Waals surface area (Å²) in [7, 11) is 0. The van der Waals surface area contributed by atoms with Gasteiger partial charge in [0.05, 0.1) is 6.20 Å². The van der Waals surface area contributed by atoms with Gasteiger partial charge in [0.15, 0.2) is 0 Å². The molecule has 16 heavy (non-hydrogen) atoms. The van der Waals surface area contributed by atoms with Gasteiger partial charge in [0.1, 0.15) is 11.6 Å². The van der Waals surface area contributed by atoms with Gasteiger partial charge in [-0.1, -0.05) is 19.8 Å². The van der Waals surface area contributed by atoms with Gasteiger partial charge in [-0.25, -0.2) is 4.98 Å². The summed E-state index contributed by atoms with van der Waals surface area (Å²) in [5.41, 5.74) is 0. The maximum atomic E-state index is 11.8. The molecular weight excluding hydrogens is 214 g/mol. The molecule has 0 bridgehead atoms. The zero-order valence-electron chi connectivity index (χ0n) is 9.25. The van der Waals surface area contributed by atoms with E-state index in [1.165, 1.54) is 18.7 Å². The van der Waals surface area contributed by atoms with Crippen molar-refractivity contribution in [2.75, 3.05) is 11.9 Å². The number of nitrogens with zero attached hydrogens (tertiary/aromatic N) is 1. The van der Waals surface area contributed by atoms with Gasteiger partial charge in [0.2, 0.25) is 0 Å². The van der Waals surface area contributed by atoms with Crippen molar-refractivity contribution in [1.82, 2.24) is 4.98 Å². The summed E-state index contributed by atoms with van der Waals surface area (Å²) < 4.78 is 27.9. The molecule has 0 aliphatic carbocycles. The quantitative estimate of drug-likeness (QED) is 0.730. The zero-order chi connectivity index (χ0) is 11.8. The molecule has 0 saturated carbocycles. The van der Waals surface area contributed by atoms with E-state index in [-0.39, 0.29) is 5.75 Å². The van der Waals surface area contributed by atoms with E-state index in [2.05, 4.69) is 22.0 Å². The molecule has 0 atom stereocenters. The van der Waals surface area contributed by atoms with Gasteiger partial charge in [0.25, 0.3) is 0 Å². The highest BCUT2D eigenvalue weighted by atomic mass is 19.3. The second kappa shape index (κ2) is 6.98. The number of pyridine rings is 1. The number of nitrogens with one attached hydrogen (secondary N) is 1. The molecule has 0 unspecified atom stereocenters. The Balaban J connectivity index is 2.33. The van der Waals surface area contributed by atoms with E-state index in [4.69, 9.17) is 0 Å². The van der Waals surface area contributed by atoms with E-state index in [1.807, 2.05) is 0 Å². The summed E-state index contributed by atoms with van der Waals surface area (Å²) in [6.45, 7) is 0.176. The molecule has 1 rings (SSSR count). The van der Waals surface area contributed by atoms with Crippen molar-refractivity contribution in [2.24, 2.45) is 0 Å². The molecule has 1 heterocycles. The number of anilines is 1. The molecule has 0 fully saturated rings. The minimum absolute atomic E-state index is 0.0779. The summed E-state index contributed by atoms with van der Waals surface area (Å²) in [5.74, 6) is 0.756. The molecule has 1 N–H and O–H groups in total. The Morgan fingerprint density at radius 2 is 2.19 bits per heavy atom. The van der Waals surface area contributed by atoms with Crippen molar-refractivity contribution in [3.8, 4) is 5.75 Å². The fraction of sp³-hybridized carbons (Fsp3) is 0.545. The van der Waals surface area contributed by atoms with Crippen molar-refractivity contribution in [2.45, 2.75) is 32.8 Å². The van der Waals surface area contributed by atoms with Crippen LogP contribution in [0, 0.1) is 0 Å². The van der Waals surface area contributed by atoms with Crippen LogP contribution in [-0.4, -0.2) is 18.1 Å². The van der Waals surface area contributed by atoms with Gasteiger partial charge in [-0.2, -0.15) is 8.78 Å². The molecule has 90 valence electrons. The smallest absolute Gasteiger partial charge is 0.387 e. The summed E-state index contributed by atoms with van der Waals surface area (Å²) in [5, 5.41) is 3.11. The Kier molecular flexibility index (Phi) is 5.53. The van der Waals surface area contributed by atoms with E-state index in [9.17, 15) is 8.78 Å². The van der Waals surface area contributed by atoms with Crippen LogP contribution >= 0.6 is 0 Å². The first-order chi connectivity index (χ1) is 7.72. The van der Waals surface area contributed by atoms with Crippen molar-refractivity contribution in [3.63, 3.8) is 0 Å². The van der Waals surface area contributed by atoms with Crippen LogP contribution in [0.5, 0.6) is 5.75 Å². The highest BCUT2D eigenvalue weighted by Crippen LogP contribution is 2.14. The lowest BCUT2D eigenvalue weighted by Crippen LogP contribution is -2.05. The average molecular weight is 230 g/mol. The summed E-state index contributed by atoms with van der Waals surface area (Å²) in [4.78, 5) is 3.96. The zero-order valence-corrected chi connectivity index (χ0v) is 9.25. The van der Waals surface area contributed by atoms with Crippen LogP contribution in [0.2, 0.25) is 0 Å². The number of ether oxygens (including phenoxy) is 1. The van der Waals surface area contributed by atoms with Crippen LogP contribution in [-0.2, 0) is 0 Å². The predicted molar refractivity (Wildman–Crippen MR) is 58.9 cm³/mol. The van der Waals surface area contributed by atoms with Gasteiger partial charge < -0.3 is 10.1 Å². The topological polar surface area (TPSA) is 34.1 Å². The molecule has 0 aliphatic rings. The molecule has 0 aliphatic heterocycles. The monoisotopic (exact) mass is 230 g/mol. The van der Waals surface area contributed by atoms with Crippen LogP contribution in [0.1, 0.15) is 26.2 Å². The summed E-state index contributed by atoms with van der Waals surface area (Å²) >= 11 is 0. The Morgan fingerprint density at radius 1 is 1.38 bits per heavy atom. The Labute approximate surface area is 93.8 Å². The van der Waals surface area contributed by atoms with Gasteiger partial charge in [-0.15, -0.1) is 0 Å². The highest BCUT2D eigenvalue weighted by molar-refractivity contribution is 5.37. The fourth-order valence-electron chi connectivity index (χ4n) is 1.25. The second-order valence-electron chi connectivity index (χ2n) is 3.39. The molecule has 0 saturated heterocycles. The lowest BCUT2D eigenvalue weighted by molar-refractivity contribution is -0.0500. The molecule has 0 spiro atoms. The molecule has 1 aromatic heterocycles. The van der Waals surface area contributed by atoms with Gasteiger partial charge in [-0.05, 0) is 18.6 Å². The summed E-state index contributed by atoms with van der Waals surface area (Å²) in [6, 6.07) is 3.10. The number of alkyl halides is 2. The van der Waals surface area contributed by atoms with Crippen LogP contribution in [0.4, 0.5) is 14.6 Å². The predicted octanol–water partition coefficient (Wildman–Crippen LogP) is 3.29. The van der Waals surface area contributed by atoms with E-state index in [0.717, 1.165) is 19.4 Å². The SMILES string of the molecule is CCCCCNc1ccc(OC(F)F)cn1. The third kappa shape index (κ3) is 4.91. The third-order valence-electron chi connectivity index (χ3n) is 2.05. The van der Waals surface area contributed by atoms with Crippen molar-refractivity contribution < 1.29 is 13.5 Å². The number of halogens is 2. The highest BCUT2D eigenvalue weighted by Gasteiger charge is 2.03. The first-order valence-corrected chi connectivity index (χ1v) is 5.37. The van der Waals surface area contributed by atoms with Gasteiger partial charge in [-0.3, -0.25) is 0 Å². The molecule has 0 radical (unpaired) electrons.